The molecule has 36 heavy (non-hydrogen) atoms. The lowest BCUT2D eigenvalue weighted by molar-refractivity contribution is 0.151. The number of hydrogen-bond acceptors (Lipinski definition) is 7. The molecule has 0 saturated heterocycles. The zero-order valence-electron chi connectivity index (χ0n) is 20.6. The second kappa shape index (κ2) is 11.4. The second-order valence-electron chi connectivity index (χ2n) is 7.74. The van der Waals surface area contributed by atoms with E-state index in [0.29, 0.717) is 29.7 Å². The molecule has 0 radical (unpaired) electrons. The quantitative estimate of drug-likeness (QED) is 0.318. The van der Waals surface area contributed by atoms with Crippen LogP contribution in [0, 0.1) is 5.82 Å². The van der Waals surface area contributed by atoms with Gasteiger partial charge in [0.2, 0.25) is 0 Å². The predicted octanol–water partition coefficient (Wildman–Crippen LogP) is 6.88. The topological polar surface area (TPSA) is 75.9 Å². The van der Waals surface area contributed by atoms with Gasteiger partial charge < -0.3 is 30.3 Å². The fraction of sp³-hybridized carbons (Fsp3) is 0.179. The zero-order chi connectivity index (χ0) is 25.5. The van der Waals surface area contributed by atoms with Crippen molar-refractivity contribution >= 4 is 34.3 Å². The van der Waals surface area contributed by atoms with Crippen LogP contribution in [0.1, 0.15) is 13.8 Å². The number of hydrogen-bond donors (Lipinski definition) is 2. The maximum atomic E-state index is 13.5. The molecule has 0 fully saturated rings. The summed E-state index contributed by atoms with van der Waals surface area (Å²) in [7, 11) is 1.88. The van der Waals surface area contributed by atoms with Gasteiger partial charge in [0, 0.05) is 36.4 Å². The molecule has 0 saturated carbocycles. The van der Waals surface area contributed by atoms with E-state index < -0.39 is 0 Å². The summed E-state index contributed by atoms with van der Waals surface area (Å²) in [6.07, 6.45) is 1.70. The monoisotopic (exact) mass is 487 g/mol. The number of anilines is 6. The first-order valence-electron chi connectivity index (χ1n) is 11.8. The Morgan fingerprint density at radius 3 is 2.39 bits per heavy atom. The van der Waals surface area contributed by atoms with Crippen LogP contribution in [0.25, 0.3) is 0 Å². The van der Waals surface area contributed by atoms with E-state index in [2.05, 4.69) is 10.3 Å². The van der Waals surface area contributed by atoms with Gasteiger partial charge in [0.25, 0.3) is 0 Å². The normalized spacial score (nSPS) is 12.7. The number of benzene rings is 3. The van der Waals surface area contributed by atoms with Crippen LogP contribution in [0.2, 0.25) is 0 Å². The number of halogens is 1. The Morgan fingerprint density at radius 1 is 0.889 bits per heavy atom. The van der Waals surface area contributed by atoms with E-state index in [0.717, 1.165) is 22.7 Å². The van der Waals surface area contributed by atoms with E-state index in [9.17, 15) is 4.39 Å². The summed E-state index contributed by atoms with van der Waals surface area (Å²) in [5, 5.41) is 3.16. The van der Waals surface area contributed by atoms with Crippen molar-refractivity contribution in [3.05, 3.63) is 90.9 Å². The fourth-order valence-corrected chi connectivity index (χ4v) is 3.87. The number of aromatic nitrogens is 1. The Hall–Kier alpha value is -4.30. The number of pyridine rings is 1. The van der Waals surface area contributed by atoms with Crippen molar-refractivity contribution < 1.29 is 13.9 Å². The lowest BCUT2D eigenvalue weighted by Gasteiger charge is -2.26. The van der Waals surface area contributed by atoms with Gasteiger partial charge in [-0.25, -0.2) is 9.37 Å². The van der Waals surface area contributed by atoms with Crippen LogP contribution in [0.4, 0.5) is 38.6 Å². The molecule has 3 aromatic carbocycles. The van der Waals surface area contributed by atoms with E-state index in [1.165, 1.54) is 12.1 Å². The summed E-state index contributed by atoms with van der Waals surface area (Å²) in [5.74, 6) is 1.38. The molecular formula is C28H30FN5O2. The van der Waals surface area contributed by atoms with E-state index >= 15 is 0 Å². The molecule has 186 valence electrons. The fourth-order valence-electron chi connectivity index (χ4n) is 3.87. The summed E-state index contributed by atoms with van der Waals surface area (Å²) in [6, 6.07) is 23.3. The molecule has 0 spiro atoms. The number of nitrogens with one attached hydrogen (secondary N) is 1. The summed E-state index contributed by atoms with van der Waals surface area (Å²) in [5.41, 5.74) is 10.6. The van der Waals surface area contributed by atoms with Crippen LogP contribution >= 0.6 is 0 Å². The molecule has 4 aromatic rings. The first-order valence-corrected chi connectivity index (χ1v) is 11.8. The van der Waals surface area contributed by atoms with Crippen molar-refractivity contribution in [3.8, 4) is 11.5 Å². The smallest absolute Gasteiger partial charge is 0.161 e. The van der Waals surface area contributed by atoms with Gasteiger partial charge in [-0.1, -0.05) is 26.0 Å². The third kappa shape index (κ3) is 5.34. The molecule has 0 atom stereocenters. The minimum absolute atomic E-state index is 0.287. The molecule has 1 aromatic heterocycles. The average molecular weight is 488 g/mol. The van der Waals surface area contributed by atoms with Gasteiger partial charge in [-0.3, -0.25) is 0 Å². The van der Waals surface area contributed by atoms with Gasteiger partial charge in [0.05, 0.1) is 5.69 Å². The van der Waals surface area contributed by atoms with Crippen molar-refractivity contribution in [3.63, 3.8) is 0 Å². The van der Waals surface area contributed by atoms with Crippen LogP contribution < -0.4 is 25.6 Å². The Labute approximate surface area is 210 Å². The highest BCUT2D eigenvalue weighted by Crippen LogP contribution is 2.42. The minimum atomic E-state index is -0.347. The highest BCUT2D eigenvalue weighted by molar-refractivity contribution is 5.87. The third-order valence-corrected chi connectivity index (χ3v) is 5.53. The molecule has 0 aliphatic carbocycles. The van der Waals surface area contributed by atoms with Gasteiger partial charge >= 0.3 is 0 Å². The summed E-state index contributed by atoms with van der Waals surface area (Å²) in [6.45, 7) is 4.60. The van der Waals surface area contributed by atoms with Crippen molar-refractivity contribution in [2.45, 2.75) is 13.8 Å². The number of ether oxygens (including phenoxy) is 2. The maximum Gasteiger partial charge on any atom is 0.161 e. The molecule has 0 amide bonds. The molecule has 7 nitrogen and oxygen atoms in total. The Bertz CT molecular complexity index is 1300. The van der Waals surface area contributed by atoms with Crippen LogP contribution in [0.5, 0.6) is 11.5 Å². The molecule has 0 unspecified atom stereocenters. The number of nitrogens with zero attached hydrogens (tertiary/aromatic N) is 3. The molecule has 5 rings (SSSR count). The van der Waals surface area contributed by atoms with Crippen molar-refractivity contribution in [2.24, 2.45) is 0 Å². The molecule has 1 aliphatic rings. The highest BCUT2D eigenvalue weighted by Gasteiger charge is 2.26. The predicted molar refractivity (Wildman–Crippen MR) is 144 cm³/mol. The first-order chi connectivity index (χ1) is 17.6. The summed E-state index contributed by atoms with van der Waals surface area (Å²) >= 11 is 0. The standard InChI is InChI=1S/C26H24FN5O2.C2H6/c1-29-19-5-3-6-21(15-19)32-17-33-16-31(25-24(28)12-13-30-26(25)32)20-8-10-22(11-9-20)34-23-7-2-4-18(27)14-23;1-2/h2-15,29H,16-17H2,1H3,(H2,28,30);1-2H3. The first kappa shape index (κ1) is 24.8. The molecule has 2 heterocycles. The van der Waals surface area contributed by atoms with E-state index in [1.807, 2.05) is 79.2 Å². The molecule has 3 N–H and O–H groups in total. The number of rotatable bonds is 5. The van der Waals surface area contributed by atoms with Crippen molar-refractivity contribution in [1.82, 2.24) is 4.98 Å². The lowest BCUT2D eigenvalue weighted by Crippen LogP contribution is -2.21. The summed E-state index contributed by atoms with van der Waals surface area (Å²) < 4.78 is 25.3. The van der Waals surface area contributed by atoms with Gasteiger partial charge in [0.15, 0.2) is 5.82 Å². The maximum absolute atomic E-state index is 13.5. The van der Waals surface area contributed by atoms with Gasteiger partial charge in [0.1, 0.15) is 36.5 Å². The van der Waals surface area contributed by atoms with Gasteiger partial charge in [-0.2, -0.15) is 0 Å². The Balaban J connectivity index is 0.00000148. The summed E-state index contributed by atoms with van der Waals surface area (Å²) in [4.78, 5) is 8.63. The largest absolute Gasteiger partial charge is 0.457 e. The van der Waals surface area contributed by atoms with Gasteiger partial charge in [-0.05, 0) is 60.7 Å². The Kier molecular flexibility index (Phi) is 7.87. The minimum Gasteiger partial charge on any atom is -0.457 e. The van der Waals surface area contributed by atoms with Crippen LogP contribution in [0.15, 0.2) is 85.1 Å². The van der Waals surface area contributed by atoms with Crippen molar-refractivity contribution in [1.29, 1.82) is 0 Å². The van der Waals surface area contributed by atoms with E-state index in [1.54, 1.807) is 24.4 Å². The van der Waals surface area contributed by atoms with Crippen LogP contribution in [0.3, 0.4) is 0 Å². The average Bonchev–Trinajstić information content (AvgIpc) is 3.11. The number of fused-ring (bicyclic) bond motifs is 1. The van der Waals surface area contributed by atoms with E-state index in [4.69, 9.17) is 15.2 Å². The SMILES string of the molecule is CC.CNc1cccc(N2COCN(c3ccc(Oc4cccc(F)c4)cc3)c3c(N)ccnc32)c1. The third-order valence-electron chi connectivity index (χ3n) is 5.53. The number of nitrogens with two attached hydrogens (primary N) is 1. The molecular weight excluding hydrogens is 457 g/mol. The highest BCUT2D eigenvalue weighted by atomic mass is 19.1. The molecule has 0 bridgehead atoms. The number of nitrogen functional groups attached to an aromatic ring is 1. The Morgan fingerprint density at radius 2 is 1.64 bits per heavy atom. The molecule has 8 heteroatoms. The second-order valence-corrected chi connectivity index (χ2v) is 7.74. The van der Waals surface area contributed by atoms with Crippen molar-refractivity contribution in [2.75, 3.05) is 41.4 Å². The van der Waals surface area contributed by atoms with Crippen LogP contribution in [-0.4, -0.2) is 25.5 Å². The zero-order valence-corrected chi connectivity index (χ0v) is 20.6. The lowest BCUT2D eigenvalue weighted by atomic mass is 10.2. The van der Waals surface area contributed by atoms with E-state index in [-0.39, 0.29) is 12.5 Å². The van der Waals surface area contributed by atoms with Gasteiger partial charge in [-0.15, -0.1) is 0 Å². The van der Waals surface area contributed by atoms with Crippen LogP contribution in [-0.2, 0) is 4.74 Å². The molecule has 1 aliphatic heterocycles.